The van der Waals surface area contributed by atoms with Gasteiger partial charge in [0, 0.05) is 13.1 Å². The molecular weight excluding hydrogens is 242 g/mol. The Kier molecular flexibility index (Phi) is 4.71. The van der Waals surface area contributed by atoms with Crippen molar-refractivity contribution in [1.29, 1.82) is 0 Å². The van der Waals surface area contributed by atoms with Crippen LogP contribution < -0.4 is 4.90 Å². The lowest BCUT2D eigenvalue weighted by Crippen LogP contribution is -2.27. The Bertz CT molecular complexity index is 436. The van der Waals surface area contributed by atoms with E-state index in [2.05, 4.69) is 22.0 Å². The molecule has 0 radical (unpaired) electrons. The van der Waals surface area contributed by atoms with Crippen LogP contribution in [0, 0.1) is 5.92 Å². The van der Waals surface area contributed by atoms with Gasteiger partial charge in [-0.05, 0) is 31.2 Å². The van der Waals surface area contributed by atoms with Crippen LogP contribution in [0.1, 0.15) is 49.4 Å². The Morgan fingerprint density at radius 2 is 2.32 bits per heavy atom. The number of carboxylic acid groups (broad SMARTS) is 1. The molecule has 0 amide bonds. The predicted octanol–water partition coefficient (Wildman–Crippen LogP) is 2.58. The van der Waals surface area contributed by atoms with Crippen LogP contribution in [0.25, 0.3) is 0 Å². The second-order valence-corrected chi connectivity index (χ2v) is 5.15. The molecule has 2 heterocycles. The van der Waals surface area contributed by atoms with Gasteiger partial charge in [0.2, 0.25) is 0 Å². The number of nitrogens with zero attached hydrogens (tertiary/aromatic N) is 3. The third-order valence-corrected chi connectivity index (χ3v) is 3.78. The number of rotatable bonds is 4. The molecule has 2 rings (SSSR count). The summed E-state index contributed by atoms with van der Waals surface area (Å²) in [5.74, 6) is 0.353. The molecule has 19 heavy (non-hydrogen) atoms. The van der Waals surface area contributed by atoms with Crippen LogP contribution in [-0.4, -0.2) is 34.4 Å². The Morgan fingerprint density at radius 3 is 3.05 bits per heavy atom. The zero-order chi connectivity index (χ0) is 13.7. The van der Waals surface area contributed by atoms with E-state index < -0.39 is 5.97 Å². The molecule has 5 heteroatoms. The molecule has 1 unspecified atom stereocenters. The molecule has 1 aromatic rings. The molecule has 5 nitrogen and oxygen atoms in total. The lowest BCUT2D eigenvalue weighted by molar-refractivity contribution is 0.0697. The van der Waals surface area contributed by atoms with E-state index in [0.29, 0.717) is 5.82 Å². The summed E-state index contributed by atoms with van der Waals surface area (Å²) < 4.78 is 0. The molecule has 1 aliphatic rings. The molecule has 1 saturated heterocycles. The average Bonchev–Trinajstić information content (AvgIpc) is 2.65. The third-order valence-electron chi connectivity index (χ3n) is 3.78. The van der Waals surface area contributed by atoms with Gasteiger partial charge in [-0.3, -0.25) is 0 Å². The topological polar surface area (TPSA) is 66.3 Å². The van der Waals surface area contributed by atoms with E-state index >= 15 is 0 Å². The predicted molar refractivity (Wildman–Crippen MR) is 73.5 cm³/mol. The van der Waals surface area contributed by atoms with Gasteiger partial charge in [-0.15, -0.1) is 5.10 Å². The van der Waals surface area contributed by atoms with E-state index in [1.54, 1.807) is 0 Å². The number of carboxylic acids is 1. The first-order valence-corrected chi connectivity index (χ1v) is 7.02. The molecule has 1 aromatic heterocycles. The van der Waals surface area contributed by atoms with Crippen LogP contribution in [0.15, 0.2) is 12.3 Å². The van der Waals surface area contributed by atoms with Crippen LogP contribution >= 0.6 is 0 Å². The summed E-state index contributed by atoms with van der Waals surface area (Å²) in [6.45, 7) is 3.97. The minimum absolute atomic E-state index is 0.254. The second kappa shape index (κ2) is 6.50. The fourth-order valence-corrected chi connectivity index (χ4v) is 2.80. The first-order valence-electron chi connectivity index (χ1n) is 7.02. The van der Waals surface area contributed by atoms with Gasteiger partial charge < -0.3 is 10.0 Å². The van der Waals surface area contributed by atoms with Crippen LogP contribution in [0.2, 0.25) is 0 Å². The zero-order valence-electron chi connectivity index (χ0n) is 11.4. The third kappa shape index (κ3) is 3.43. The van der Waals surface area contributed by atoms with Crippen LogP contribution in [-0.2, 0) is 0 Å². The standard InChI is InChI=1S/C14H21N3O2/c1-2-4-11-5-3-9-17(10-7-11)13-12(14(18)19)6-8-15-16-13/h6,8,11H,2-5,7,9-10H2,1H3,(H,18,19). The highest BCUT2D eigenvalue weighted by atomic mass is 16.4. The number of hydrogen-bond acceptors (Lipinski definition) is 4. The van der Waals surface area contributed by atoms with Crippen molar-refractivity contribution < 1.29 is 9.90 Å². The van der Waals surface area contributed by atoms with E-state index in [1.807, 2.05) is 0 Å². The highest BCUT2D eigenvalue weighted by molar-refractivity contribution is 5.93. The van der Waals surface area contributed by atoms with Gasteiger partial charge in [0.1, 0.15) is 5.56 Å². The quantitative estimate of drug-likeness (QED) is 0.904. The molecule has 1 N–H and O–H groups in total. The SMILES string of the molecule is CCCC1CCCN(c2nnccc2C(=O)O)CC1. The van der Waals surface area contributed by atoms with Gasteiger partial charge in [0.25, 0.3) is 0 Å². The molecule has 104 valence electrons. The smallest absolute Gasteiger partial charge is 0.339 e. The number of aromatic carboxylic acids is 1. The minimum Gasteiger partial charge on any atom is -0.478 e. The summed E-state index contributed by atoms with van der Waals surface area (Å²) in [6, 6.07) is 1.53. The Hall–Kier alpha value is -1.65. The summed E-state index contributed by atoms with van der Waals surface area (Å²) in [5.41, 5.74) is 0.254. The molecule has 0 aliphatic carbocycles. The number of carbonyl (C=O) groups is 1. The monoisotopic (exact) mass is 263 g/mol. The molecule has 0 spiro atoms. The summed E-state index contributed by atoms with van der Waals surface area (Å²) in [5, 5.41) is 17.1. The molecule has 1 atom stereocenters. The Balaban J connectivity index is 2.12. The van der Waals surface area contributed by atoms with Crippen LogP contribution in [0.5, 0.6) is 0 Å². The van der Waals surface area contributed by atoms with Crippen molar-refractivity contribution in [3.8, 4) is 0 Å². The van der Waals surface area contributed by atoms with Gasteiger partial charge in [-0.25, -0.2) is 4.79 Å². The van der Waals surface area contributed by atoms with Gasteiger partial charge in [0.05, 0.1) is 6.20 Å². The molecular formula is C14H21N3O2. The number of aromatic nitrogens is 2. The average molecular weight is 263 g/mol. The van der Waals surface area contributed by atoms with Crippen LogP contribution in [0.3, 0.4) is 0 Å². The summed E-state index contributed by atoms with van der Waals surface area (Å²) in [4.78, 5) is 13.3. The van der Waals surface area contributed by atoms with E-state index in [9.17, 15) is 9.90 Å². The highest BCUT2D eigenvalue weighted by Gasteiger charge is 2.21. The number of anilines is 1. The van der Waals surface area contributed by atoms with Crippen molar-refractivity contribution in [3.63, 3.8) is 0 Å². The second-order valence-electron chi connectivity index (χ2n) is 5.15. The van der Waals surface area contributed by atoms with Gasteiger partial charge >= 0.3 is 5.97 Å². The van der Waals surface area contributed by atoms with E-state index in [4.69, 9.17) is 0 Å². The zero-order valence-corrected chi connectivity index (χ0v) is 11.4. The lowest BCUT2D eigenvalue weighted by Gasteiger charge is -2.22. The fourth-order valence-electron chi connectivity index (χ4n) is 2.80. The normalized spacial score (nSPS) is 20.1. The fraction of sp³-hybridized carbons (Fsp3) is 0.643. The van der Waals surface area contributed by atoms with E-state index in [0.717, 1.165) is 31.8 Å². The van der Waals surface area contributed by atoms with Gasteiger partial charge in [-0.1, -0.05) is 19.8 Å². The Morgan fingerprint density at radius 1 is 1.47 bits per heavy atom. The van der Waals surface area contributed by atoms with Crippen LogP contribution in [0.4, 0.5) is 5.82 Å². The van der Waals surface area contributed by atoms with Crippen molar-refractivity contribution in [2.75, 3.05) is 18.0 Å². The summed E-state index contributed by atoms with van der Waals surface area (Å²) >= 11 is 0. The highest BCUT2D eigenvalue weighted by Crippen LogP contribution is 2.25. The van der Waals surface area contributed by atoms with Gasteiger partial charge in [-0.2, -0.15) is 5.10 Å². The molecule has 0 aromatic carbocycles. The van der Waals surface area contributed by atoms with Crippen molar-refractivity contribution in [3.05, 3.63) is 17.8 Å². The van der Waals surface area contributed by atoms with Crippen molar-refractivity contribution in [2.45, 2.75) is 39.0 Å². The largest absolute Gasteiger partial charge is 0.478 e. The summed E-state index contributed by atoms with van der Waals surface area (Å²) in [6.07, 6.45) is 7.36. The van der Waals surface area contributed by atoms with Crippen molar-refractivity contribution >= 4 is 11.8 Å². The molecule has 0 bridgehead atoms. The maximum absolute atomic E-state index is 11.2. The number of hydrogen-bond donors (Lipinski definition) is 1. The van der Waals surface area contributed by atoms with E-state index in [-0.39, 0.29) is 5.56 Å². The van der Waals surface area contributed by atoms with Crippen molar-refractivity contribution in [1.82, 2.24) is 10.2 Å². The maximum Gasteiger partial charge on any atom is 0.339 e. The maximum atomic E-state index is 11.2. The van der Waals surface area contributed by atoms with E-state index in [1.165, 1.54) is 31.5 Å². The lowest BCUT2D eigenvalue weighted by atomic mass is 9.96. The Labute approximate surface area is 113 Å². The summed E-state index contributed by atoms with van der Waals surface area (Å²) in [7, 11) is 0. The van der Waals surface area contributed by atoms with Crippen molar-refractivity contribution in [2.24, 2.45) is 5.92 Å². The first kappa shape index (κ1) is 13.8. The van der Waals surface area contributed by atoms with Gasteiger partial charge in [0.15, 0.2) is 5.82 Å². The molecule has 1 aliphatic heterocycles. The minimum atomic E-state index is -0.931. The molecule has 0 saturated carbocycles. The molecule has 1 fully saturated rings. The first-order chi connectivity index (χ1) is 9.22.